The molecule has 0 bridgehead atoms. The van der Waals surface area contributed by atoms with Gasteiger partial charge in [-0.15, -0.1) is 12.4 Å². The summed E-state index contributed by atoms with van der Waals surface area (Å²) in [6.07, 6.45) is 7.03. The number of nitrogens with one attached hydrogen (secondary N) is 1. The minimum Gasteiger partial charge on any atom is -0.447 e. The molecule has 3 nitrogen and oxygen atoms in total. The zero-order valence-electron chi connectivity index (χ0n) is 6.82. The van der Waals surface area contributed by atoms with Gasteiger partial charge in [0.1, 0.15) is 5.76 Å². The summed E-state index contributed by atoms with van der Waals surface area (Å²) in [6, 6.07) is 0.409. The van der Waals surface area contributed by atoms with Gasteiger partial charge in [-0.05, 0) is 19.4 Å². The number of hydrogen-bond donors (Lipinski definition) is 1. The normalized spacial score (nSPS) is 23.2. The number of halogens is 1. The molecule has 0 aromatic carbocycles. The van der Waals surface area contributed by atoms with Crippen LogP contribution in [0.2, 0.25) is 0 Å². The maximum Gasteiger partial charge on any atom is 0.180 e. The summed E-state index contributed by atoms with van der Waals surface area (Å²) in [5.74, 6) is 0.977. The molecule has 12 heavy (non-hydrogen) atoms. The average Bonchev–Trinajstić information content (AvgIpc) is 2.58. The highest BCUT2D eigenvalue weighted by Gasteiger charge is 2.16. The molecule has 1 aromatic heterocycles. The van der Waals surface area contributed by atoms with Crippen LogP contribution in [-0.2, 0) is 0 Å². The molecule has 2 heterocycles. The van der Waals surface area contributed by atoms with Gasteiger partial charge in [0, 0.05) is 0 Å². The molecular formula is C8H13ClN2O. The maximum absolute atomic E-state index is 5.20. The second kappa shape index (κ2) is 4.48. The second-order valence-electron chi connectivity index (χ2n) is 2.91. The number of piperidine rings is 1. The lowest BCUT2D eigenvalue weighted by Gasteiger charge is -2.20. The third-order valence-electron chi connectivity index (χ3n) is 2.11. The first-order valence-electron chi connectivity index (χ1n) is 4.08. The highest BCUT2D eigenvalue weighted by atomic mass is 35.5. The van der Waals surface area contributed by atoms with Gasteiger partial charge in [0.05, 0.1) is 12.2 Å². The summed E-state index contributed by atoms with van der Waals surface area (Å²) in [5, 5.41) is 3.39. The summed E-state index contributed by atoms with van der Waals surface area (Å²) in [5.41, 5.74) is 0. The summed E-state index contributed by atoms with van der Waals surface area (Å²) in [7, 11) is 0. The fraction of sp³-hybridized carbons (Fsp3) is 0.625. The minimum absolute atomic E-state index is 0. The smallest absolute Gasteiger partial charge is 0.180 e. The van der Waals surface area contributed by atoms with Gasteiger partial charge >= 0.3 is 0 Å². The number of hydrogen-bond acceptors (Lipinski definition) is 3. The van der Waals surface area contributed by atoms with E-state index in [2.05, 4.69) is 10.3 Å². The van der Waals surface area contributed by atoms with Crippen molar-refractivity contribution in [2.75, 3.05) is 6.54 Å². The summed E-state index contributed by atoms with van der Waals surface area (Å²) in [6.45, 7) is 1.10. The molecule has 68 valence electrons. The van der Waals surface area contributed by atoms with Gasteiger partial charge in [-0.2, -0.15) is 0 Å². The van der Waals surface area contributed by atoms with E-state index in [1.807, 2.05) is 0 Å². The first-order chi connectivity index (χ1) is 5.47. The van der Waals surface area contributed by atoms with Crippen LogP contribution in [0.5, 0.6) is 0 Å². The Balaban J connectivity index is 0.000000720. The molecule has 1 N–H and O–H groups in total. The topological polar surface area (TPSA) is 38.1 Å². The zero-order chi connectivity index (χ0) is 7.52. The number of nitrogens with zero attached hydrogens (tertiary/aromatic N) is 1. The van der Waals surface area contributed by atoms with Crippen molar-refractivity contribution >= 4 is 12.4 Å². The van der Waals surface area contributed by atoms with Gasteiger partial charge in [0.2, 0.25) is 0 Å². The fourth-order valence-corrected chi connectivity index (χ4v) is 1.49. The molecule has 0 amide bonds. The Labute approximate surface area is 78.0 Å². The largest absolute Gasteiger partial charge is 0.447 e. The Bertz CT molecular complexity index is 207. The molecule has 1 aliphatic heterocycles. The van der Waals surface area contributed by atoms with Crippen molar-refractivity contribution in [3.8, 4) is 0 Å². The fourth-order valence-electron chi connectivity index (χ4n) is 1.49. The number of aromatic nitrogens is 1. The van der Waals surface area contributed by atoms with E-state index in [4.69, 9.17) is 4.42 Å². The highest BCUT2D eigenvalue weighted by molar-refractivity contribution is 5.85. The molecule has 0 aliphatic carbocycles. The van der Waals surface area contributed by atoms with E-state index in [9.17, 15) is 0 Å². The summed E-state index contributed by atoms with van der Waals surface area (Å²) >= 11 is 0. The Morgan fingerprint density at radius 2 is 2.42 bits per heavy atom. The Morgan fingerprint density at radius 3 is 3.00 bits per heavy atom. The van der Waals surface area contributed by atoms with Crippen LogP contribution < -0.4 is 5.32 Å². The van der Waals surface area contributed by atoms with Crippen LogP contribution in [0.4, 0.5) is 0 Å². The van der Waals surface area contributed by atoms with Crippen LogP contribution in [0.3, 0.4) is 0 Å². The predicted molar refractivity (Wildman–Crippen MR) is 48.3 cm³/mol. The molecule has 0 saturated carbocycles. The van der Waals surface area contributed by atoms with E-state index in [-0.39, 0.29) is 12.4 Å². The Morgan fingerprint density at radius 1 is 1.50 bits per heavy atom. The molecule has 4 heteroatoms. The zero-order valence-corrected chi connectivity index (χ0v) is 7.64. The van der Waals surface area contributed by atoms with E-state index in [0.29, 0.717) is 6.04 Å². The third-order valence-corrected chi connectivity index (χ3v) is 2.11. The quantitative estimate of drug-likeness (QED) is 0.732. The maximum atomic E-state index is 5.20. The predicted octanol–water partition coefficient (Wildman–Crippen LogP) is 1.91. The van der Waals surface area contributed by atoms with E-state index in [1.165, 1.54) is 25.7 Å². The van der Waals surface area contributed by atoms with Crippen LogP contribution in [0.15, 0.2) is 17.0 Å². The molecule has 2 rings (SSSR count). The van der Waals surface area contributed by atoms with Gasteiger partial charge in [-0.3, -0.25) is 0 Å². The second-order valence-corrected chi connectivity index (χ2v) is 2.91. The van der Waals surface area contributed by atoms with Crippen LogP contribution in [0.1, 0.15) is 31.1 Å². The van der Waals surface area contributed by atoms with Crippen LogP contribution in [0.25, 0.3) is 0 Å². The first-order valence-corrected chi connectivity index (χ1v) is 4.08. The highest BCUT2D eigenvalue weighted by Crippen LogP contribution is 2.21. The van der Waals surface area contributed by atoms with Crippen molar-refractivity contribution in [2.45, 2.75) is 25.3 Å². The lowest BCUT2D eigenvalue weighted by molar-refractivity contribution is 0.349. The van der Waals surface area contributed by atoms with E-state index in [0.717, 1.165) is 12.3 Å². The average molecular weight is 189 g/mol. The van der Waals surface area contributed by atoms with Gasteiger partial charge < -0.3 is 9.73 Å². The first kappa shape index (κ1) is 9.55. The Hall–Kier alpha value is -0.540. The van der Waals surface area contributed by atoms with Crippen molar-refractivity contribution in [2.24, 2.45) is 0 Å². The standard InChI is InChI=1S/C8H12N2O.ClH/c1-2-4-10-7(3-1)8-5-9-6-11-8;/h5-7,10H,1-4H2;1H/t7-;/m1./s1. The molecule has 0 unspecified atom stereocenters. The third kappa shape index (κ3) is 1.99. The molecule has 1 aliphatic rings. The molecule has 0 radical (unpaired) electrons. The van der Waals surface area contributed by atoms with Crippen molar-refractivity contribution in [1.29, 1.82) is 0 Å². The lowest BCUT2D eigenvalue weighted by atomic mass is 10.0. The van der Waals surface area contributed by atoms with Gasteiger partial charge in [-0.1, -0.05) is 6.42 Å². The van der Waals surface area contributed by atoms with Gasteiger partial charge in [0.25, 0.3) is 0 Å². The minimum atomic E-state index is 0. The van der Waals surface area contributed by atoms with Crippen molar-refractivity contribution in [3.05, 3.63) is 18.4 Å². The van der Waals surface area contributed by atoms with Crippen LogP contribution >= 0.6 is 12.4 Å². The molecule has 0 spiro atoms. The van der Waals surface area contributed by atoms with Gasteiger partial charge in [0.15, 0.2) is 6.39 Å². The monoisotopic (exact) mass is 188 g/mol. The Kier molecular flexibility index (Phi) is 3.56. The number of rotatable bonds is 1. The van der Waals surface area contributed by atoms with Crippen molar-refractivity contribution < 1.29 is 4.42 Å². The summed E-state index contributed by atoms with van der Waals surface area (Å²) < 4.78 is 5.20. The number of oxazole rings is 1. The van der Waals surface area contributed by atoms with E-state index < -0.39 is 0 Å². The molecule has 1 saturated heterocycles. The van der Waals surface area contributed by atoms with E-state index >= 15 is 0 Å². The van der Waals surface area contributed by atoms with Crippen molar-refractivity contribution in [3.63, 3.8) is 0 Å². The molecular weight excluding hydrogens is 176 g/mol. The molecule has 1 atom stereocenters. The van der Waals surface area contributed by atoms with Crippen molar-refractivity contribution in [1.82, 2.24) is 10.3 Å². The lowest BCUT2D eigenvalue weighted by Crippen LogP contribution is -2.26. The molecule has 1 fully saturated rings. The van der Waals surface area contributed by atoms with E-state index in [1.54, 1.807) is 6.20 Å². The van der Waals surface area contributed by atoms with Gasteiger partial charge in [-0.25, -0.2) is 4.98 Å². The summed E-state index contributed by atoms with van der Waals surface area (Å²) in [4.78, 5) is 3.89. The molecule has 1 aromatic rings. The van der Waals surface area contributed by atoms with Crippen LogP contribution in [0, 0.1) is 0 Å². The van der Waals surface area contributed by atoms with Crippen LogP contribution in [-0.4, -0.2) is 11.5 Å². The SMILES string of the molecule is Cl.c1ncc([C@H]2CCCCN2)o1.